The molecule has 0 saturated carbocycles. The third-order valence-corrected chi connectivity index (χ3v) is 7.54. The van der Waals surface area contributed by atoms with E-state index >= 15 is 0 Å². The Labute approximate surface area is 222 Å². The molecule has 0 bridgehead atoms. The molecule has 1 amide bonds. The van der Waals surface area contributed by atoms with Gasteiger partial charge in [0.15, 0.2) is 5.13 Å². The number of carbonyl (C=O) groups is 2. The summed E-state index contributed by atoms with van der Waals surface area (Å²) in [6.07, 6.45) is 0.853. The third kappa shape index (κ3) is 4.43. The van der Waals surface area contributed by atoms with E-state index in [1.54, 1.807) is 31.2 Å². The molecular weight excluding hydrogens is 512 g/mol. The number of aromatic hydroxyl groups is 1. The second-order valence-electron chi connectivity index (χ2n) is 8.49. The minimum Gasteiger partial charge on any atom is -0.508 e. The summed E-state index contributed by atoms with van der Waals surface area (Å²) in [5.74, 6) is -1.61. The molecule has 0 radical (unpaired) electrons. The van der Waals surface area contributed by atoms with E-state index < -0.39 is 17.7 Å². The number of halogens is 1. The number of aryl methyl sites for hydroxylation is 1. The van der Waals surface area contributed by atoms with Gasteiger partial charge < -0.3 is 14.9 Å². The molecule has 1 unspecified atom stereocenters. The maximum Gasteiger partial charge on any atom is 0.301 e. The Morgan fingerprint density at radius 2 is 1.84 bits per heavy atom. The van der Waals surface area contributed by atoms with Crippen LogP contribution in [0, 0.1) is 0 Å². The molecule has 9 heteroatoms. The molecule has 0 aliphatic carbocycles. The number of ketones is 1. The first-order chi connectivity index (χ1) is 17.8. The van der Waals surface area contributed by atoms with Gasteiger partial charge in [0.2, 0.25) is 0 Å². The molecule has 1 fully saturated rings. The van der Waals surface area contributed by atoms with Crippen LogP contribution in [0.1, 0.15) is 36.6 Å². The molecule has 1 aromatic heterocycles. The molecule has 3 aromatic carbocycles. The number of fused-ring (bicyclic) bond motifs is 1. The van der Waals surface area contributed by atoms with Gasteiger partial charge in [0.25, 0.3) is 5.78 Å². The van der Waals surface area contributed by atoms with Crippen LogP contribution < -0.4 is 9.64 Å². The molecule has 2 N–H and O–H groups in total. The highest BCUT2D eigenvalue weighted by atomic mass is 35.5. The Bertz CT molecular complexity index is 1560. The average molecular weight is 535 g/mol. The lowest BCUT2D eigenvalue weighted by molar-refractivity contribution is -0.132. The standard InChI is InChI=1S/C28H23ClN2O5S/c1-3-15-5-12-20-22(13-15)37-28(30-20)31-24(16-6-9-18(32)10-7-16)23(26(34)27(31)35)25(33)17-8-11-19(29)21(14-17)36-4-2/h5-14,24,32-33H,3-4H2,1-2H3/b25-23+. The van der Waals surface area contributed by atoms with E-state index in [9.17, 15) is 19.8 Å². The number of anilines is 1. The summed E-state index contributed by atoms with van der Waals surface area (Å²) in [6.45, 7) is 4.22. The SMILES string of the molecule is CCOc1cc(/C(O)=C2\C(=O)C(=O)N(c3nc4ccc(CC)cc4s3)C2c2ccc(O)cc2)ccc1Cl. The van der Waals surface area contributed by atoms with E-state index in [0.717, 1.165) is 16.7 Å². The Balaban J connectivity index is 1.70. The predicted molar refractivity (Wildman–Crippen MR) is 145 cm³/mol. The number of hydrogen-bond donors (Lipinski definition) is 2. The van der Waals surface area contributed by atoms with E-state index in [1.807, 2.05) is 18.2 Å². The van der Waals surface area contributed by atoms with Crippen molar-refractivity contribution < 1.29 is 24.5 Å². The number of phenols is 1. The number of ether oxygens (including phenoxy) is 1. The highest BCUT2D eigenvalue weighted by Crippen LogP contribution is 2.45. The van der Waals surface area contributed by atoms with Gasteiger partial charge in [0.05, 0.1) is 33.5 Å². The van der Waals surface area contributed by atoms with Crippen LogP contribution in [-0.2, 0) is 16.0 Å². The fourth-order valence-corrected chi connectivity index (χ4v) is 5.58. The molecule has 1 aliphatic heterocycles. The van der Waals surface area contributed by atoms with Crippen molar-refractivity contribution in [2.45, 2.75) is 26.3 Å². The Kier molecular flexibility index (Phi) is 6.62. The van der Waals surface area contributed by atoms with E-state index in [-0.39, 0.29) is 22.6 Å². The number of aliphatic hydroxyl groups is 1. The van der Waals surface area contributed by atoms with Crippen LogP contribution in [0.3, 0.4) is 0 Å². The molecule has 0 spiro atoms. The normalized spacial score (nSPS) is 17.1. The van der Waals surface area contributed by atoms with Crippen molar-refractivity contribution in [3.63, 3.8) is 0 Å². The van der Waals surface area contributed by atoms with Gasteiger partial charge in [0, 0.05) is 5.56 Å². The van der Waals surface area contributed by atoms with Gasteiger partial charge >= 0.3 is 5.91 Å². The van der Waals surface area contributed by atoms with Crippen molar-refractivity contribution in [3.8, 4) is 11.5 Å². The minimum atomic E-state index is -0.960. The highest BCUT2D eigenvalue weighted by molar-refractivity contribution is 7.22. The van der Waals surface area contributed by atoms with Crippen LogP contribution in [0.4, 0.5) is 5.13 Å². The first kappa shape index (κ1) is 24.8. The zero-order valence-corrected chi connectivity index (χ0v) is 21.6. The molecule has 5 rings (SSSR count). The van der Waals surface area contributed by atoms with Crippen molar-refractivity contribution in [2.24, 2.45) is 0 Å². The monoisotopic (exact) mass is 534 g/mol. The molecule has 1 saturated heterocycles. The van der Waals surface area contributed by atoms with Crippen LogP contribution in [0.25, 0.3) is 16.0 Å². The number of aliphatic hydroxyl groups excluding tert-OH is 1. The van der Waals surface area contributed by atoms with Crippen LogP contribution in [0.5, 0.6) is 11.5 Å². The zero-order chi connectivity index (χ0) is 26.3. The number of hydrogen-bond acceptors (Lipinski definition) is 7. The van der Waals surface area contributed by atoms with E-state index in [0.29, 0.717) is 33.6 Å². The lowest BCUT2D eigenvalue weighted by atomic mass is 9.95. The summed E-state index contributed by atoms with van der Waals surface area (Å²) >= 11 is 7.51. The molecule has 37 heavy (non-hydrogen) atoms. The summed E-state index contributed by atoms with van der Waals surface area (Å²) in [7, 11) is 0. The zero-order valence-electron chi connectivity index (χ0n) is 20.1. The maximum atomic E-state index is 13.4. The quantitative estimate of drug-likeness (QED) is 0.172. The number of phenolic OH excluding ortho intramolecular Hbond substituents is 1. The molecule has 1 atom stereocenters. The smallest absolute Gasteiger partial charge is 0.301 e. The van der Waals surface area contributed by atoms with E-state index in [2.05, 4.69) is 11.9 Å². The van der Waals surface area contributed by atoms with E-state index in [1.165, 1.54) is 34.4 Å². The van der Waals surface area contributed by atoms with Crippen molar-refractivity contribution in [2.75, 3.05) is 11.5 Å². The Morgan fingerprint density at radius 1 is 1.08 bits per heavy atom. The maximum absolute atomic E-state index is 13.4. The average Bonchev–Trinajstić information content (AvgIpc) is 3.43. The summed E-state index contributed by atoms with van der Waals surface area (Å²) in [5.41, 5.74) is 2.57. The fraction of sp³-hybridized carbons (Fsp3) is 0.179. The van der Waals surface area contributed by atoms with Gasteiger partial charge in [0.1, 0.15) is 17.3 Å². The number of nitrogens with zero attached hydrogens (tertiary/aromatic N) is 2. The minimum absolute atomic E-state index is 0.0341. The second-order valence-corrected chi connectivity index (χ2v) is 9.91. The lowest BCUT2D eigenvalue weighted by Crippen LogP contribution is -2.29. The van der Waals surface area contributed by atoms with Crippen molar-refractivity contribution in [1.82, 2.24) is 4.98 Å². The molecule has 7 nitrogen and oxygen atoms in total. The molecule has 2 heterocycles. The number of Topliss-reactive ketones (excluding diaryl/α,β-unsaturated/α-hetero) is 1. The number of carbonyl (C=O) groups excluding carboxylic acids is 2. The van der Waals surface area contributed by atoms with Gasteiger partial charge in [-0.1, -0.05) is 48.1 Å². The van der Waals surface area contributed by atoms with Crippen molar-refractivity contribution >= 4 is 55.7 Å². The first-order valence-electron chi connectivity index (χ1n) is 11.7. The predicted octanol–water partition coefficient (Wildman–Crippen LogP) is 6.24. The van der Waals surface area contributed by atoms with Gasteiger partial charge in [-0.25, -0.2) is 4.98 Å². The van der Waals surface area contributed by atoms with Crippen LogP contribution in [0.2, 0.25) is 5.02 Å². The lowest BCUT2D eigenvalue weighted by Gasteiger charge is -2.23. The number of rotatable bonds is 6. The number of benzene rings is 3. The Morgan fingerprint density at radius 3 is 2.54 bits per heavy atom. The van der Waals surface area contributed by atoms with Gasteiger partial charge in [-0.15, -0.1) is 0 Å². The van der Waals surface area contributed by atoms with Gasteiger partial charge in [-0.2, -0.15) is 0 Å². The Hall–Kier alpha value is -3.88. The van der Waals surface area contributed by atoms with Crippen LogP contribution in [-0.4, -0.2) is 33.5 Å². The van der Waals surface area contributed by atoms with Crippen LogP contribution in [0.15, 0.2) is 66.2 Å². The van der Waals surface area contributed by atoms with Crippen LogP contribution >= 0.6 is 22.9 Å². The van der Waals surface area contributed by atoms with Crippen molar-refractivity contribution in [3.05, 3.63) is 87.9 Å². The fourth-order valence-electron chi connectivity index (χ4n) is 4.35. The van der Waals surface area contributed by atoms with Gasteiger partial charge in [-0.3, -0.25) is 14.5 Å². The number of amides is 1. The highest BCUT2D eigenvalue weighted by Gasteiger charge is 2.48. The second kappa shape index (κ2) is 9.88. The molecular formula is C28H23ClN2O5S. The number of thiazole rings is 1. The summed E-state index contributed by atoms with van der Waals surface area (Å²) < 4.78 is 6.43. The van der Waals surface area contributed by atoms with E-state index in [4.69, 9.17) is 16.3 Å². The topological polar surface area (TPSA) is 100.0 Å². The van der Waals surface area contributed by atoms with Crippen molar-refractivity contribution in [1.29, 1.82) is 0 Å². The first-order valence-corrected chi connectivity index (χ1v) is 12.9. The van der Waals surface area contributed by atoms with Gasteiger partial charge in [-0.05, 0) is 66.9 Å². The molecule has 188 valence electrons. The summed E-state index contributed by atoms with van der Waals surface area (Å²) in [5, 5.41) is 21.9. The molecule has 1 aliphatic rings. The third-order valence-electron chi connectivity index (χ3n) is 6.21. The number of aromatic nitrogens is 1. The summed E-state index contributed by atoms with van der Waals surface area (Å²) in [4.78, 5) is 32.8. The summed E-state index contributed by atoms with van der Waals surface area (Å²) in [6, 6.07) is 15.8. The largest absolute Gasteiger partial charge is 0.508 e. The molecule has 4 aromatic rings.